The van der Waals surface area contributed by atoms with E-state index in [1.165, 1.54) is 11.3 Å². The maximum Gasteiger partial charge on any atom is 0.0767 e. The standard InChI is InChI=1S/C10H9N3/c1-2-4-10-8(3-1)5-6-9-7-11-12-13(9)10/h1-7,11-12H. The maximum absolute atomic E-state index is 3.05. The van der Waals surface area contributed by atoms with Crippen LogP contribution in [0.1, 0.15) is 5.56 Å². The van der Waals surface area contributed by atoms with Gasteiger partial charge in [-0.15, -0.1) is 5.53 Å². The highest BCUT2D eigenvalue weighted by Gasteiger charge is 2.19. The molecule has 0 radical (unpaired) electrons. The Morgan fingerprint density at radius 2 is 2.00 bits per heavy atom. The summed E-state index contributed by atoms with van der Waals surface area (Å²) in [4.78, 5) is 0. The van der Waals surface area contributed by atoms with Crippen molar-refractivity contribution in [3.8, 4) is 0 Å². The third kappa shape index (κ3) is 0.877. The Balaban J connectivity index is 2.20. The second-order valence-corrected chi connectivity index (χ2v) is 3.05. The Labute approximate surface area is 76.3 Å². The van der Waals surface area contributed by atoms with Crippen LogP contribution in [-0.2, 0) is 0 Å². The van der Waals surface area contributed by atoms with Gasteiger partial charge in [0.1, 0.15) is 0 Å². The van der Waals surface area contributed by atoms with E-state index in [9.17, 15) is 0 Å². The van der Waals surface area contributed by atoms with Crippen LogP contribution in [0.25, 0.3) is 6.08 Å². The Kier molecular flexibility index (Phi) is 1.23. The van der Waals surface area contributed by atoms with Gasteiger partial charge in [0, 0.05) is 6.20 Å². The number of hydrazine groups is 2. The number of hydrogen-bond acceptors (Lipinski definition) is 3. The van der Waals surface area contributed by atoms with E-state index in [1.807, 2.05) is 23.3 Å². The van der Waals surface area contributed by atoms with Crippen molar-refractivity contribution in [2.24, 2.45) is 0 Å². The van der Waals surface area contributed by atoms with Gasteiger partial charge < -0.3 is 5.43 Å². The van der Waals surface area contributed by atoms with Crippen LogP contribution < -0.4 is 16.0 Å². The first-order valence-corrected chi connectivity index (χ1v) is 4.24. The smallest absolute Gasteiger partial charge is 0.0767 e. The molecule has 0 amide bonds. The van der Waals surface area contributed by atoms with Crippen LogP contribution in [0.4, 0.5) is 5.69 Å². The van der Waals surface area contributed by atoms with Crippen molar-refractivity contribution in [3.05, 3.63) is 47.8 Å². The molecular weight excluding hydrogens is 162 g/mol. The summed E-state index contributed by atoms with van der Waals surface area (Å²) in [5.41, 5.74) is 9.57. The molecule has 0 aromatic heterocycles. The summed E-state index contributed by atoms with van der Waals surface area (Å²) in [7, 11) is 0. The predicted molar refractivity (Wildman–Crippen MR) is 52.3 cm³/mol. The molecule has 1 aromatic rings. The van der Waals surface area contributed by atoms with Crippen LogP contribution in [-0.4, -0.2) is 0 Å². The first-order valence-electron chi connectivity index (χ1n) is 4.24. The second kappa shape index (κ2) is 2.37. The number of nitrogens with zero attached hydrogens (tertiary/aromatic N) is 1. The minimum absolute atomic E-state index is 1.14. The van der Waals surface area contributed by atoms with E-state index in [1.54, 1.807) is 0 Å². The van der Waals surface area contributed by atoms with E-state index >= 15 is 0 Å². The van der Waals surface area contributed by atoms with Gasteiger partial charge in [-0.1, -0.05) is 24.3 Å². The number of anilines is 1. The zero-order chi connectivity index (χ0) is 8.67. The molecule has 0 fully saturated rings. The molecule has 13 heavy (non-hydrogen) atoms. The van der Waals surface area contributed by atoms with E-state index < -0.39 is 0 Å². The minimum atomic E-state index is 1.14. The maximum atomic E-state index is 3.05. The summed E-state index contributed by atoms with van der Waals surface area (Å²) in [6.07, 6.45) is 6.13. The summed E-state index contributed by atoms with van der Waals surface area (Å²) in [6.45, 7) is 0. The SMILES string of the molecule is C1=Cc2ccccc2N2NNC=C12. The number of nitrogens with one attached hydrogen (secondary N) is 2. The van der Waals surface area contributed by atoms with Gasteiger partial charge in [0.25, 0.3) is 0 Å². The molecule has 3 heteroatoms. The summed E-state index contributed by atoms with van der Waals surface area (Å²) in [5, 5.41) is 2.02. The number of benzene rings is 1. The van der Waals surface area contributed by atoms with Crippen molar-refractivity contribution in [1.82, 2.24) is 11.0 Å². The lowest BCUT2D eigenvalue weighted by Crippen LogP contribution is -2.38. The fraction of sp³-hybridized carbons (Fsp3) is 0. The number of allylic oxidation sites excluding steroid dienone is 1. The van der Waals surface area contributed by atoms with E-state index in [-0.39, 0.29) is 0 Å². The van der Waals surface area contributed by atoms with Crippen molar-refractivity contribution in [2.75, 3.05) is 5.01 Å². The predicted octanol–water partition coefficient (Wildman–Crippen LogP) is 1.38. The molecule has 2 aliphatic heterocycles. The molecule has 2 N–H and O–H groups in total. The fourth-order valence-electron chi connectivity index (χ4n) is 1.63. The molecule has 0 spiro atoms. The van der Waals surface area contributed by atoms with Gasteiger partial charge in [-0.2, -0.15) is 0 Å². The number of hydrogen-bond donors (Lipinski definition) is 2. The molecular formula is C10H9N3. The lowest BCUT2D eigenvalue weighted by molar-refractivity contribution is 0.673. The molecule has 3 rings (SSSR count). The van der Waals surface area contributed by atoms with Gasteiger partial charge >= 0.3 is 0 Å². The largest absolute Gasteiger partial charge is 0.309 e. The summed E-state index contributed by atoms with van der Waals surface area (Å²) < 4.78 is 0. The molecule has 3 nitrogen and oxygen atoms in total. The highest BCUT2D eigenvalue weighted by molar-refractivity contribution is 5.76. The van der Waals surface area contributed by atoms with Gasteiger partial charge in [0.2, 0.25) is 0 Å². The van der Waals surface area contributed by atoms with Crippen LogP contribution in [0.3, 0.4) is 0 Å². The monoisotopic (exact) mass is 171 g/mol. The molecule has 2 heterocycles. The number of para-hydroxylation sites is 1. The fourth-order valence-corrected chi connectivity index (χ4v) is 1.63. The van der Waals surface area contributed by atoms with Crippen LogP contribution in [0.2, 0.25) is 0 Å². The number of rotatable bonds is 0. The van der Waals surface area contributed by atoms with Gasteiger partial charge in [-0.25, -0.2) is 0 Å². The van der Waals surface area contributed by atoms with Crippen molar-refractivity contribution >= 4 is 11.8 Å². The second-order valence-electron chi connectivity index (χ2n) is 3.05. The zero-order valence-electron chi connectivity index (χ0n) is 6.99. The Morgan fingerprint density at radius 1 is 1.08 bits per heavy atom. The van der Waals surface area contributed by atoms with Gasteiger partial charge in [-0.05, 0) is 17.7 Å². The Morgan fingerprint density at radius 3 is 3.00 bits per heavy atom. The Bertz CT molecular complexity index is 406. The topological polar surface area (TPSA) is 27.3 Å². The highest BCUT2D eigenvalue weighted by atomic mass is 15.7. The number of fused-ring (bicyclic) bond motifs is 3. The van der Waals surface area contributed by atoms with E-state index in [2.05, 4.69) is 35.2 Å². The molecule has 0 atom stereocenters. The van der Waals surface area contributed by atoms with Crippen molar-refractivity contribution in [2.45, 2.75) is 0 Å². The first kappa shape index (κ1) is 6.74. The van der Waals surface area contributed by atoms with Crippen molar-refractivity contribution < 1.29 is 0 Å². The van der Waals surface area contributed by atoms with Crippen molar-refractivity contribution in [1.29, 1.82) is 0 Å². The lowest BCUT2D eigenvalue weighted by atomic mass is 10.1. The Hall–Kier alpha value is -1.74. The van der Waals surface area contributed by atoms with Gasteiger partial charge in [0.05, 0.1) is 11.4 Å². The molecule has 2 aliphatic rings. The van der Waals surface area contributed by atoms with Crippen molar-refractivity contribution in [3.63, 3.8) is 0 Å². The van der Waals surface area contributed by atoms with E-state index in [0.29, 0.717) is 0 Å². The molecule has 64 valence electrons. The summed E-state index contributed by atoms with van der Waals surface area (Å²) >= 11 is 0. The molecule has 0 bridgehead atoms. The lowest BCUT2D eigenvalue weighted by Gasteiger charge is -2.24. The normalized spacial score (nSPS) is 17.5. The molecule has 0 saturated carbocycles. The van der Waals surface area contributed by atoms with Crippen LogP contribution >= 0.6 is 0 Å². The van der Waals surface area contributed by atoms with E-state index in [4.69, 9.17) is 0 Å². The summed E-state index contributed by atoms with van der Waals surface area (Å²) in [5.74, 6) is 0. The molecule has 0 unspecified atom stereocenters. The van der Waals surface area contributed by atoms with Gasteiger partial charge in [-0.3, -0.25) is 5.01 Å². The molecule has 1 aromatic carbocycles. The average molecular weight is 171 g/mol. The van der Waals surface area contributed by atoms with Crippen LogP contribution in [0.15, 0.2) is 42.2 Å². The molecule has 0 aliphatic carbocycles. The quantitative estimate of drug-likeness (QED) is 0.617. The van der Waals surface area contributed by atoms with Gasteiger partial charge in [0.15, 0.2) is 0 Å². The van der Waals surface area contributed by atoms with Crippen LogP contribution in [0, 0.1) is 0 Å². The van der Waals surface area contributed by atoms with Crippen LogP contribution in [0.5, 0.6) is 0 Å². The highest BCUT2D eigenvalue weighted by Crippen LogP contribution is 2.29. The zero-order valence-corrected chi connectivity index (χ0v) is 6.99. The van der Waals surface area contributed by atoms with E-state index in [0.717, 1.165) is 5.70 Å². The first-order chi connectivity index (χ1) is 6.45. The minimum Gasteiger partial charge on any atom is -0.309 e. The molecule has 0 saturated heterocycles. The third-order valence-electron chi connectivity index (χ3n) is 2.27. The average Bonchev–Trinajstić information content (AvgIpc) is 2.65. The third-order valence-corrected chi connectivity index (χ3v) is 2.27. The summed E-state index contributed by atoms with van der Waals surface area (Å²) in [6, 6.07) is 8.27.